The van der Waals surface area contributed by atoms with Crippen molar-refractivity contribution in [3.05, 3.63) is 50.1 Å². The van der Waals surface area contributed by atoms with Gasteiger partial charge in [0.15, 0.2) is 0 Å². The Kier molecular flexibility index (Phi) is 10.7. The summed E-state index contributed by atoms with van der Waals surface area (Å²) in [4.78, 5) is 6.24. The third kappa shape index (κ3) is 6.57. The lowest BCUT2D eigenvalue weighted by Crippen LogP contribution is -2.31. The molecule has 4 rings (SSSR count). The maximum atomic E-state index is 14.0. The van der Waals surface area contributed by atoms with Gasteiger partial charge < -0.3 is 0 Å². The van der Waals surface area contributed by atoms with Gasteiger partial charge in [0.1, 0.15) is 0 Å². The first kappa shape index (κ1) is 34.7. The first-order valence-corrected chi connectivity index (χ1v) is 20.3. The van der Waals surface area contributed by atoms with Crippen LogP contribution in [0.5, 0.6) is 0 Å². The maximum Gasteiger partial charge on any atom is 0.204 e. The van der Waals surface area contributed by atoms with Crippen LogP contribution in [0, 0.1) is 17.3 Å². The minimum Gasteiger partial charge on any atom is -0.219 e. The van der Waals surface area contributed by atoms with Crippen molar-refractivity contribution in [2.75, 3.05) is 0 Å². The van der Waals surface area contributed by atoms with Crippen molar-refractivity contribution >= 4 is 37.4 Å². The van der Waals surface area contributed by atoms with Crippen molar-refractivity contribution < 1.29 is 8.42 Å². The van der Waals surface area contributed by atoms with Crippen molar-refractivity contribution in [1.82, 2.24) is 0 Å². The van der Waals surface area contributed by atoms with Crippen molar-refractivity contribution in [2.24, 2.45) is 17.3 Å². The molecule has 0 saturated carbocycles. The average Bonchev–Trinajstić information content (AvgIpc) is 3.70. The van der Waals surface area contributed by atoms with Gasteiger partial charge >= 0.3 is 0 Å². The summed E-state index contributed by atoms with van der Waals surface area (Å²) < 4.78 is 28.1. The minimum atomic E-state index is -3.51. The number of sulfone groups is 1. The Bertz CT molecular complexity index is 1420. The highest BCUT2D eigenvalue weighted by Gasteiger charge is 2.49. The van der Waals surface area contributed by atoms with Gasteiger partial charge in [-0.3, -0.25) is 0 Å². The molecule has 0 aromatic carbocycles. The van der Waals surface area contributed by atoms with Gasteiger partial charge in [-0.2, -0.15) is 0 Å². The van der Waals surface area contributed by atoms with E-state index in [-0.39, 0.29) is 16.2 Å². The van der Waals surface area contributed by atoms with Crippen molar-refractivity contribution in [3.8, 4) is 9.75 Å². The molecule has 3 heterocycles. The van der Waals surface area contributed by atoms with Crippen LogP contribution >= 0.6 is 22.7 Å². The molecule has 0 radical (unpaired) electrons. The Balaban J connectivity index is 1.92. The van der Waals surface area contributed by atoms with Crippen LogP contribution in [0.15, 0.2) is 29.2 Å². The van der Waals surface area contributed by atoms with Crippen LogP contribution in [-0.4, -0.2) is 8.42 Å². The summed E-state index contributed by atoms with van der Waals surface area (Å²) >= 11 is 3.72. The molecule has 2 aliphatic rings. The molecule has 0 bridgehead atoms. The number of hydrogen-bond donors (Lipinski definition) is 0. The molecular formula is C38H58O2S3. The maximum absolute atomic E-state index is 14.0. The number of fused-ring (bicyclic) bond motifs is 3. The van der Waals surface area contributed by atoms with E-state index in [9.17, 15) is 8.42 Å². The normalized spacial score (nSPS) is 21.0. The summed E-state index contributed by atoms with van der Waals surface area (Å²) in [5.74, 6) is 1.33. The number of thiophene rings is 2. The Labute approximate surface area is 272 Å². The summed E-state index contributed by atoms with van der Waals surface area (Å²) in [6.07, 6.45) is 16.9. The predicted octanol–water partition coefficient (Wildman–Crippen LogP) is 12.7. The van der Waals surface area contributed by atoms with Crippen LogP contribution in [0.1, 0.15) is 161 Å². The summed E-state index contributed by atoms with van der Waals surface area (Å²) in [6.45, 7) is 22.6. The zero-order valence-electron chi connectivity index (χ0n) is 28.8. The van der Waals surface area contributed by atoms with Gasteiger partial charge in [0.25, 0.3) is 0 Å². The van der Waals surface area contributed by atoms with Gasteiger partial charge in [0.05, 0.1) is 9.81 Å². The first-order valence-electron chi connectivity index (χ1n) is 17.2. The van der Waals surface area contributed by atoms with E-state index < -0.39 is 9.84 Å². The lowest BCUT2D eigenvalue weighted by molar-refractivity contribution is 0.266. The second-order valence-electron chi connectivity index (χ2n) is 15.1. The molecule has 0 amide bonds. The van der Waals surface area contributed by atoms with Gasteiger partial charge in [-0.05, 0) is 71.9 Å². The number of unbranched alkanes of at least 4 members (excludes halogenated alkanes) is 2. The summed E-state index contributed by atoms with van der Waals surface area (Å²) in [5.41, 5.74) is 2.64. The molecular weight excluding hydrogens is 585 g/mol. The van der Waals surface area contributed by atoms with E-state index in [1.54, 1.807) is 16.9 Å². The average molecular weight is 643 g/mol. The largest absolute Gasteiger partial charge is 0.219 e. The Hall–Kier alpha value is -1.17. The molecule has 2 atom stereocenters. The monoisotopic (exact) mass is 642 g/mol. The van der Waals surface area contributed by atoms with Gasteiger partial charge in [-0.25, -0.2) is 8.42 Å². The smallest absolute Gasteiger partial charge is 0.204 e. The number of hydrogen-bond acceptors (Lipinski definition) is 4. The molecule has 2 aromatic heterocycles. The number of allylic oxidation sites excluding steroid dienone is 3. The van der Waals surface area contributed by atoms with E-state index in [2.05, 4.69) is 81.4 Å². The van der Waals surface area contributed by atoms with E-state index in [1.807, 2.05) is 23.5 Å². The molecule has 0 saturated heterocycles. The van der Waals surface area contributed by atoms with Crippen LogP contribution in [-0.2, 0) is 20.7 Å². The van der Waals surface area contributed by atoms with Crippen LogP contribution in [0.25, 0.3) is 14.7 Å². The fourth-order valence-electron chi connectivity index (χ4n) is 7.29. The molecule has 0 spiro atoms. The van der Waals surface area contributed by atoms with Crippen molar-refractivity contribution in [2.45, 2.75) is 151 Å². The molecule has 2 unspecified atom stereocenters. The van der Waals surface area contributed by atoms with Crippen molar-refractivity contribution in [1.29, 1.82) is 0 Å². The van der Waals surface area contributed by atoms with Gasteiger partial charge in [-0.15, -0.1) is 22.7 Å². The highest BCUT2D eigenvalue weighted by molar-refractivity contribution is 8.04. The van der Waals surface area contributed by atoms with Crippen LogP contribution < -0.4 is 0 Å². The minimum absolute atomic E-state index is 0.0515. The summed E-state index contributed by atoms with van der Waals surface area (Å²) in [7, 11) is -3.51. The summed E-state index contributed by atoms with van der Waals surface area (Å²) in [6, 6.07) is 4.90. The molecule has 2 aromatic rings. The van der Waals surface area contributed by atoms with Crippen LogP contribution in [0.2, 0.25) is 0 Å². The fraction of sp³-hybridized carbons (Fsp3) is 0.684. The molecule has 5 heteroatoms. The van der Waals surface area contributed by atoms with E-state index in [0.29, 0.717) is 21.6 Å². The second kappa shape index (κ2) is 13.3. The number of rotatable bonds is 15. The van der Waals surface area contributed by atoms with Gasteiger partial charge in [0.2, 0.25) is 9.84 Å². The standard InChI is InChI=1S/C38H58O2S3/c1-11-16-18-26(13-3)24-38(25-27(14-4)19-17-12-2)28-22-30(31-20-21-33(43(31,39)40)37(9,10)15-5)41-34(28)35-29(38)23-32(42-35)36(6,7)8/h20-23,26-27H,11-19,24-25H2,1-10H3. The lowest BCUT2D eigenvalue weighted by Gasteiger charge is -2.38. The van der Waals surface area contributed by atoms with Gasteiger partial charge in [-0.1, -0.05) is 121 Å². The molecule has 0 N–H and O–H groups in total. The van der Waals surface area contributed by atoms with Crippen molar-refractivity contribution in [3.63, 3.8) is 0 Å². The third-order valence-electron chi connectivity index (χ3n) is 10.6. The molecule has 240 valence electrons. The molecule has 43 heavy (non-hydrogen) atoms. The zero-order chi connectivity index (χ0) is 31.8. The SMILES string of the molecule is CCCCC(CC)CC1(CC(CC)CCCC)c2cc(C3=CC=C(C(C)(C)CC)S3(=O)=O)sc2-c2sc(C(C)(C)C)cc21. The molecule has 1 aliphatic heterocycles. The van der Waals surface area contributed by atoms with E-state index >= 15 is 0 Å². The zero-order valence-corrected chi connectivity index (χ0v) is 31.2. The molecule has 0 fully saturated rings. The van der Waals surface area contributed by atoms with Crippen LogP contribution in [0.3, 0.4) is 0 Å². The fourth-order valence-corrected chi connectivity index (χ4v) is 12.3. The highest BCUT2D eigenvalue weighted by atomic mass is 32.2. The predicted molar refractivity (Wildman–Crippen MR) is 192 cm³/mol. The summed E-state index contributed by atoms with van der Waals surface area (Å²) in [5, 5.41) is 0. The Morgan fingerprint density at radius 2 is 1.30 bits per heavy atom. The Morgan fingerprint density at radius 3 is 1.79 bits per heavy atom. The lowest BCUT2D eigenvalue weighted by atomic mass is 9.65. The topological polar surface area (TPSA) is 34.1 Å². The second-order valence-corrected chi connectivity index (χ2v) is 19.1. The van der Waals surface area contributed by atoms with E-state index in [4.69, 9.17) is 0 Å². The molecule has 2 nitrogen and oxygen atoms in total. The quantitative estimate of drug-likeness (QED) is 0.194. The first-order chi connectivity index (χ1) is 20.2. The van der Waals surface area contributed by atoms with Gasteiger partial charge in [0, 0.05) is 30.3 Å². The van der Waals surface area contributed by atoms with E-state index in [1.165, 1.54) is 84.4 Å². The Morgan fingerprint density at radius 1 is 0.767 bits per heavy atom. The van der Waals surface area contributed by atoms with E-state index in [0.717, 1.165) is 11.3 Å². The third-order valence-corrected chi connectivity index (χ3v) is 15.8. The van der Waals surface area contributed by atoms with Crippen LogP contribution in [0.4, 0.5) is 0 Å². The molecule has 1 aliphatic carbocycles. The highest BCUT2D eigenvalue weighted by Crippen LogP contribution is 2.62.